The van der Waals surface area contributed by atoms with Gasteiger partial charge in [0.05, 0.1) is 0 Å². The molecular weight excluding hydrogens is 627 g/mol. The molecule has 52 heavy (non-hydrogen) atoms. The summed E-state index contributed by atoms with van der Waals surface area (Å²) in [5.41, 5.74) is 7.25. The second-order valence-corrected chi connectivity index (χ2v) is 13.7. The average molecular weight is 661 g/mol. The van der Waals surface area contributed by atoms with Gasteiger partial charge in [-0.1, -0.05) is 164 Å². The summed E-state index contributed by atoms with van der Waals surface area (Å²) in [7, 11) is 0. The molecule has 0 unspecified atom stereocenters. The monoisotopic (exact) mass is 661 g/mol. The first-order chi connectivity index (χ1) is 25.8. The Balaban J connectivity index is 1.14. The maximum Gasteiger partial charge on any atom is 0.388 e. The third-order valence-corrected chi connectivity index (χ3v) is 10.8. The Morgan fingerprint density at radius 1 is 0.346 bits per heavy atom. The van der Waals surface area contributed by atoms with E-state index < -0.39 is 0 Å². The normalized spacial score (nSPS) is 14.2. The highest BCUT2D eigenvalue weighted by atomic mass is 15.3. The lowest BCUT2D eigenvalue weighted by molar-refractivity contribution is 0.864. The van der Waals surface area contributed by atoms with Crippen molar-refractivity contribution >= 4 is 75.6 Å². The molecule has 2 heterocycles. The lowest BCUT2D eigenvalue weighted by atomic mass is 9.38. The van der Waals surface area contributed by atoms with Crippen molar-refractivity contribution < 1.29 is 0 Å². The maximum absolute atomic E-state index is 2.59. The highest BCUT2D eigenvalue weighted by Gasteiger charge is 2.53. The molecule has 8 aromatic rings. The highest BCUT2D eigenvalue weighted by molar-refractivity contribution is 7.08. The molecular formula is C46H34B3N3. The van der Waals surface area contributed by atoms with Gasteiger partial charge in [-0.25, -0.2) is 0 Å². The van der Waals surface area contributed by atoms with Crippen molar-refractivity contribution in [1.29, 1.82) is 0 Å². The zero-order valence-electron chi connectivity index (χ0n) is 28.7. The van der Waals surface area contributed by atoms with Crippen LogP contribution in [0.5, 0.6) is 0 Å². The summed E-state index contributed by atoms with van der Waals surface area (Å²) in [6.07, 6.45) is 6.59. The smallest absolute Gasteiger partial charge is 0.388 e. The molecule has 242 valence electrons. The van der Waals surface area contributed by atoms with Crippen molar-refractivity contribution in [3.63, 3.8) is 0 Å². The van der Waals surface area contributed by atoms with Crippen molar-refractivity contribution in [1.82, 2.24) is 4.72 Å². The predicted octanol–water partition coefficient (Wildman–Crippen LogP) is 9.34. The van der Waals surface area contributed by atoms with Crippen molar-refractivity contribution in [3.8, 4) is 11.1 Å². The lowest BCUT2D eigenvalue weighted by Crippen LogP contribution is -2.82. The minimum Gasteiger partial charge on any atom is -0.423 e. The van der Waals surface area contributed by atoms with Crippen LogP contribution in [0.1, 0.15) is 0 Å². The summed E-state index contributed by atoms with van der Waals surface area (Å²) < 4.78 is 7.64. The molecule has 8 aromatic carbocycles. The Hall–Kier alpha value is -6.39. The molecule has 2 aliphatic heterocycles. The molecule has 6 heteroatoms. The first kappa shape index (κ1) is 30.4. The highest BCUT2D eigenvalue weighted by Crippen LogP contribution is 2.37. The number of hydrogen-bond donors (Lipinski definition) is 0. The van der Waals surface area contributed by atoms with Crippen molar-refractivity contribution in [3.05, 3.63) is 206 Å². The van der Waals surface area contributed by atoms with Gasteiger partial charge in [0, 0.05) is 11.4 Å². The van der Waals surface area contributed by atoms with E-state index in [0.29, 0.717) is 0 Å². The molecule has 2 aliphatic rings. The third kappa shape index (κ3) is 5.02. The minimum absolute atomic E-state index is 0.00540. The zero-order valence-corrected chi connectivity index (χ0v) is 28.7. The minimum atomic E-state index is -0.103. The van der Waals surface area contributed by atoms with Gasteiger partial charge in [0.15, 0.2) is 0 Å². The van der Waals surface area contributed by atoms with Crippen LogP contribution < -0.4 is 20.4 Å². The number of benzene rings is 8. The van der Waals surface area contributed by atoms with Crippen molar-refractivity contribution in [2.24, 2.45) is 0 Å². The zero-order chi connectivity index (χ0) is 34.4. The van der Waals surface area contributed by atoms with Crippen LogP contribution in [-0.4, -0.2) is 25.7 Å². The number of para-hydroxylation sites is 2. The van der Waals surface area contributed by atoms with Gasteiger partial charge in [0.25, 0.3) is 0 Å². The summed E-state index contributed by atoms with van der Waals surface area (Å²) in [4.78, 5) is 0. The van der Waals surface area contributed by atoms with E-state index in [1.54, 1.807) is 0 Å². The van der Waals surface area contributed by atoms with Crippen LogP contribution in [0.4, 0.5) is 11.4 Å². The van der Waals surface area contributed by atoms with Gasteiger partial charge in [-0.3, -0.25) is 0 Å². The molecule has 0 radical (unpaired) electrons. The van der Waals surface area contributed by atoms with E-state index in [-0.39, 0.29) is 20.9 Å². The van der Waals surface area contributed by atoms with E-state index in [4.69, 9.17) is 0 Å². The fourth-order valence-corrected chi connectivity index (χ4v) is 8.51. The Morgan fingerprint density at radius 2 is 0.827 bits per heavy atom. The van der Waals surface area contributed by atoms with Gasteiger partial charge in [-0.2, -0.15) is 0 Å². The second-order valence-electron chi connectivity index (χ2n) is 13.7. The molecule has 10 rings (SSSR count). The van der Waals surface area contributed by atoms with E-state index in [0.717, 1.165) is 0 Å². The van der Waals surface area contributed by atoms with Gasteiger partial charge in [0.1, 0.15) is 0 Å². The van der Waals surface area contributed by atoms with Crippen LogP contribution in [0, 0.1) is 0 Å². The predicted molar refractivity (Wildman–Crippen MR) is 225 cm³/mol. The summed E-state index contributed by atoms with van der Waals surface area (Å²) in [5, 5.41) is 7.77. The third-order valence-electron chi connectivity index (χ3n) is 10.8. The molecule has 0 amide bonds. The number of fused-ring (bicyclic) bond motifs is 7. The Kier molecular flexibility index (Phi) is 7.46. The van der Waals surface area contributed by atoms with Crippen LogP contribution in [0.2, 0.25) is 0 Å². The summed E-state index contributed by atoms with van der Waals surface area (Å²) in [6, 6.07) is 66.6. The number of rotatable bonds is 5. The molecule has 1 fully saturated rings. The summed E-state index contributed by atoms with van der Waals surface area (Å²) >= 11 is 0. The van der Waals surface area contributed by atoms with E-state index in [9.17, 15) is 0 Å². The quantitative estimate of drug-likeness (QED) is 0.135. The van der Waals surface area contributed by atoms with Gasteiger partial charge in [-0.15, -0.1) is 0 Å². The summed E-state index contributed by atoms with van der Waals surface area (Å²) in [6.45, 7) is -0.137. The van der Waals surface area contributed by atoms with Gasteiger partial charge >= 0.3 is 20.9 Å². The molecule has 0 spiro atoms. The van der Waals surface area contributed by atoms with Crippen LogP contribution in [0.15, 0.2) is 206 Å². The number of allylic oxidation sites excluding steroid dienone is 2. The second kappa shape index (κ2) is 12.7. The van der Waals surface area contributed by atoms with Gasteiger partial charge < -0.3 is 14.2 Å². The van der Waals surface area contributed by atoms with E-state index in [1.807, 2.05) is 0 Å². The first-order valence-corrected chi connectivity index (χ1v) is 18.1. The van der Waals surface area contributed by atoms with E-state index >= 15 is 0 Å². The number of hydrogen-bond acceptors (Lipinski definition) is 3. The van der Waals surface area contributed by atoms with E-state index in [1.165, 1.54) is 65.7 Å². The Labute approximate surface area is 306 Å². The van der Waals surface area contributed by atoms with Crippen LogP contribution in [0.3, 0.4) is 0 Å². The van der Waals surface area contributed by atoms with Crippen LogP contribution in [-0.2, 0) is 0 Å². The molecule has 0 aromatic heterocycles. The molecule has 0 aliphatic carbocycles. The SMILES string of the molecule is C1=CB2N(C=C1)B(c1ccccc1)N(c1ccccc1)B(c1ccc(-c3ccc4c5ccccc5c5ccccc5c4c3)cc1)N2c1ccccc1. The molecule has 0 saturated carbocycles. The molecule has 1 saturated heterocycles. The van der Waals surface area contributed by atoms with Crippen molar-refractivity contribution in [2.45, 2.75) is 0 Å². The standard InChI is InChI=1S/C46H34B3N3/c1-4-16-37(17-5-1)48-50-33-15-14-32-47(50)51(39-18-6-2-7-19-39)49(52(48)40-20-8-3-9-21-40)38-29-26-35(27-30-38)36-28-31-45-43-24-11-10-22-41(43)42-23-12-13-25-44(42)46(45)34-36/h1-34H. The molecule has 0 bridgehead atoms. The Bertz CT molecular complexity index is 2580. The fourth-order valence-electron chi connectivity index (χ4n) is 8.51. The summed E-state index contributed by atoms with van der Waals surface area (Å²) in [5.74, 6) is 2.33. The number of anilines is 2. The molecule has 0 atom stereocenters. The maximum atomic E-state index is 2.59. The lowest BCUT2D eigenvalue weighted by Gasteiger charge is -2.55. The Morgan fingerprint density at radius 3 is 1.44 bits per heavy atom. The topological polar surface area (TPSA) is 9.72 Å². The molecule has 0 N–H and O–H groups in total. The number of nitrogens with zero attached hydrogens (tertiary/aromatic N) is 3. The van der Waals surface area contributed by atoms with Crippen LogP contribution >= 0.6 is 0 Å². The van der Waals surface area contributed by atoms with Crippen molar-refractivity contribution in [2.75, 3.05) is 9.44 Å². The van der Waals surface area contributed by atoms with E-state index in [2.05, 4.69) is 220 Å². The van der Waals surface area contributed by atoms with Gasteiger partial charge in [-0.05, 0) is 97.0 Å². The largest absolute Gasteiger partial charge is 0.423 e. The average Bonchev–Trinajstić information content (AvgIpc) is 3.23. The fraction of sp³-hybridized carbons (Fsp3) is 0. The molecule has 3 nitrogen and oxygen atoms in total. The van der Waals surface area contributed by atoms with Crippen LogP contribution in [0.25, 0.3) is 43.4 Å². The first-order valence-electron chi connectivity index (χ1n) is 18.1. The van der Waals surface area contributed by atoms with Gasteiger partial charge in [0.2, 0.25) is 0 Å².